The van der Waals surface area contributed by atoms with Crippen molar-refractivity contribution in [2.45, 2.75) is 19.8 Å². The average molecular weight is 351 g/mol. The third-order valence-electron chi connectivity index (χ3n) is 4.53. The summed E-state index contributed by atoms with van der Waals surface area (Å²) in [5.74, 6) is -0.750. The van der Waals surface area contributed by atoms with E-state index in [1.807, 2.05) is 31.2 Å². The van der Waals surface area contributed by atoms with Gasteiger partial charge in [0.25, 0.3) is 11.8 Å². The van der Waals surface area contributed by atoms with Gasteiger partial charge in [0.05, 0.1) is 11.1 Å². The van der Waals surface area contributed by atoms with Crippen molar-refractivity contribution in [3.63, 3.8) is 0 Å². The molecule has 0 spiro atoms. The van der Waals surface area contributed by atoms with Crippen molar-refractivity contribution >= 4 is 17.7 Å². The van der Waals surface area contributed by atoms with E-state index in [4.69, 9.17) is 0 Å². The number of nitrogens with zero attached hydrogens (tertiary/aromatic N) is 3. The molecule has 2 aromatic rings. The van der Waals surface area contributed by atoms with Crippen LogP contribution in [0.15, 0.2) is 42.6 Å². The molecule has 6 nitrogen and oxygen atoms in total. The first-order chi connectivity index (χ1) is 12.5. The Hall–Kier alpha value is -3.02. The van der Waals surface area contributed by atoms with E-state index in [9.17, 15) is 14.4 Å². The molecule has 0 N–H and O–H groups in total. The van der Waals surface area contributed by atoms with Gasteiger partial charge in [-0.05, 0) is 31.2 Å². The zero-order valence-corrected chi connectivity index (χ0v) is 14.9. The number of aryl methyl sites for hydroxylation is 1. The molecule has 6 heteroatoms. The van der Waals surface area contributed by atoms with Gasteiger partial charge in [0.15, 0.2) is 0 Å². The quantitative estimate of drug-likeness (QED) is 0.747. The topological polar surface area (TPSA) is 70.6 Å². The number of carbonyl (C=O) groups excluding carboxylic acids is 3. The molecule has 0 unspecified atom stereocenters. The molecule has 0 aliphatic carbocycles. The highest BCUT2D eigenvalue weighted by Gasteiger charge is 2.35. The second kappa shape index (κ2) is 7.47. The van der Waals surface area contributed by atoms with E-state index in [0.717, 1.165) is 16.2 Å². The summed E-state index contributed by atoms with van der Waals surface area (Å²) >= 11 is 0. The maximum Gasteiger partial charge on any atom is 0.261 e. The lowest BCUT2D eigenvalue weighted by Gasteiger charge is -2.19. The van der Waals surface area contributed by atoms with E-state index in [0.29, 0.717) is 24.1 Å². The Morgan fingerprint density at radius 3 is 2.62 bits per heavy atom. The van der Waals surface area contributed by atoms with Crippen molar-refractivity contribution < 1.29 is 14.4 Å². The zero-order valence-electron chi connectivity index (χ0n) is 14.9. The summed E-state index contributed by atoms with van der Waals surface area (Å²) in [5, 5.41) is 0. The fourth-order valence-corrected chi connectivity index (χ4v) is 2.96. The van der Waals surface area contributed by atoms with Crippen molar-refractivity contribution in [2.24, 2.45) is 0 Å². The Morgan fingerprint density at radius 1 is 1.12 bits per heavy atom. The van der Waals surface area contributed by atoms with Crippen LogP contribution in [0.5, 0.6) is 0 Å². The van der Waals surface area contributed by atoms with Crippen molar-refractivity contribution in [1.29, 1.82) is 0 Å². The first kappa shape index (κ1) is 17.8. The van der Waals surface area contributed by atoms with Crippen molar-refractivity contribution in [3.05, 3.63) is 65.0 Å². The molecule has 0 atom stereocenters. The van der Waals surface area contributed by atoms with Gasteiger partial charge < -0.3 is 4.90 Å². The highest BCUT2D eigenvalue weighted by atomic mass is 16.2. The van der Waals surface area contributed by atoms with E-state index < -0.39 is 0 Å². The Kier molecular flexibility index (Phi) is 5.11. The van der Waals surface area contributed by atoms with Crippen LogP contribution in [0, 0.1) is 6.92 Å². The van der Waals surface area contributed by atoms with Gasteiger partial charge in [0.1, 0.15) is 0 Å². The molecule has 2 heterocycles. The summed E-state index contributed by atoms with van der Waals surface area (Å²) in [6.07, 6.45) is 2.50. The number of imide groups is 1. The van der Waals surface area contributed by atoms with Crippen LogP contribution < -0.4 is 0 Å². The number of amides is 3. The van der Waals surface area contributed by atoms with Crippen LogP contribution in [0.25, 0.3) is 0 Å². The summed E-state index contributed by atoms with van der Waals surface area (Å²) in [5.41, 5.74) is 2.68. The minimum absolute atomic E-state index is 0.0954. The molecule has 0 saturated heterocycles. The standard InChI is InChI=1S/C20H21N3O3/c1-14-6-7-16-17(13-14)20(26)23(19(16)25)12-9-18(24)22(2)11-8-15-5-3-4-10-21-15/h3-7,10,13H,8-9,11-12H2,1-2H3. The van der Waals surface area contributed by atoms with E-state index in [-0.39, 0.29) is 30.7 Å². The highest BCUT2D eigenvalue weighted by Crippen LogP contribution is 2.24. The van der Waals surface area contributed by atoms with Crippen LogP contribution in [0.1, 0.15) is 38.4 Å². The molecule has 0 saturated carbocycles. The van der Waals surface area contributed by atoms with Gasteiger partial charge in [-0.2, -0.15) is 0 Å². The van der Waals surface area contributed by atoms with Gasteiger partial charge in [-0.1, -0.05) is 17.7 Å². The number of fused-ring (bicyclic) bond motifs is 1. The Bertz CT molecular complexity index is 849. The molecule has 1 aromatic heterocycles. The van der Waals surface area contributed by atoms with Crippen LogP contribution in [-0.2, 0) is 11.2 Å². The molecular weight excluding hydrogens is 330 g/mol. The Balaban J connectivity index is 1.54. The lowest BCUT2D eigenvalue weighted by Crippen LogP contribution is -2.36. The van der Waals surface area contributed by atoms with Crippen LogP contribution in [0.3, 0.4) is 0 Å². The van der Waals surface area contributed by atoms with Gasteiger partial charge in [-0.15, -0.1) is 0 Å². The van der Waals surface area contributed by atoms with Gasteiger partial charge in [-0.3, -0.25) is 24.3 Å². The summed E-state index contributed by atoms with van der Waals surface area (Å²) in [7, 11) is 1.72. The molecule has 1 aliphatic rings. The van der Waals surface area contributed by atoms with E-state index >= 15 is 0 Å². The molecule has 0 fully saturated rings. The minimum Gasteiger partial charge on any atom is -0.345 e. The molecule has 3 rings (SSSR count). The highest BCUT2D eigenvalue weighted by molar-refractivity contribution is 6.21. The van der Waals surface area contributed by atoms with Gasteiger partial charge >= 0.3 is 0 Å². The molecule has 26 heavy (non-hydrogen) atoms. The number of hydrogen-bond acceptors (Lipinski definition) is 4. The second-order valence-corrected chi connectivity index (χ2v) is 6.45. The molecule has 0 bridgehead atoms. The normalized spacial score (nSPS) is 13.1. The number of carbonyl (C=O) groups is 3. The van der Waals surface area contributed by atoms with Crippen molar-refractivity contribution in [2.75, 3.05) is 20.1 Å². The van der Waals surface area contributed by atoms with Gasteiger partial charge in [0, 0.05) is 44.9 Å². The van der Waals surface area contributed by atoms with E-state index in [1.165, 1.54) is 0 Å². The van der Waals surface area contributed by atoms with Crippen LogP contribution in [-0.4, -0.2) is 52.6 Å². The van der Waals surface area contributed by atoms with Gasteiger partial charge in [0.2, 0.25) is 5.91 Å². The fraction of sp³-hybridized carbons (Fsp3) is 0.300. The summed E-state index contributed by atoms with van der Waals surface area (Å²) in [4.78, 5) is 44.1. The average Bonchev–Trinajstić information content (AvgIpc) is 2.88. The Morgan fingerprint density at radius 2 is 1.88 bits per heavy atom. The third-order valence-corrected chi connectivity index (χ3v) is 4.53. The zero-order chi connectivity index (χ0) is 18.7. The second-order valence-electron chi connectivity index (χ2n) is 6.45. The number of hydrogen-bond donors (Lipinski definition) is 0. The molecular formula is C20H21N3O3. The first-order valence-electron chi connectivity index (χ1n) is 8.58. The number of pyridine rings is 1. The van der Waals surface area contributed by atoms with Crippen LogP contribution in [0.2, 0.25) is 0 Å². The summed E-state index contributed by atoms with van der Waals surface area (Å²) in [6, 6.07) is 10.9. The van der Waals surface area contributed by atoms with Crippen molar-refractivity contribution in [3.8, 4) is 0 Å². The first-order valence-corrected chi connectivity index (χ1v) is 8.58. The van der Waals surface area contributed by atoms with E-state index in [2.05, 4.69) is 4.98 Å². The number of rotatable bonds is 6. The number of likely N-dealkylation sites (N-methyl/N-ethyl adjacent to an activating group) is 1. The third kappa shape index (κ3) is 3.64. The van der Waals surface area contributed by atoms with Crippen LogP contribution in [0.4, 0.5) is 0 Å². The maximum atomic E-state index is 12.4. The molecule has 134 valence electrons. The van der Waals surface area contributed by atoms with Crippen molar-refractivity contribution in [1.82, 2.24) is 14.8 Å². The lowest BCUT2D eigenvalue weighted by molar-refractivity contribution is -0.129. The maximum absolute atomic E-state index is 12.4. The monoisotopic (exact) mass is 351 g/mol. The molecule has 1 aliphatic heterocycles. The lowest BCUT2D eigenvalue weighted by atomic mass is 10.1. The minimum atomic E-state index is -0.325. The van der Waals surface area contributed by atoms with E-state index in [1.54, 1.807) is 30.3 Å². The number of benzene rings is 1. The molecule has 1 aromatic carbocycles. The SMILES string of the molecule is Cc1ccc2c(c1)C(=O)N(CCC(=O)N(C)CCc1ccccn1)C2=O. The molecule has 0 radical (unpaired) electrons. The predicted molar refractivity (Wildman–Crippen MR) is 96.7 cm³/mol. The summed E-state index contributed by atoms with van der Waals surface area (Å²) in [6.45, 7) is 2.51. The van der Waals surface area contributed by atoms with Crippen LogP contribution >= 0.6 is 0 Å². The number of aromatic nitrogens is 1. The largest absolute Gasteiger partial charge is 0.345 e. The molecule has 3 amide bonds. The Labute approximate surface area is 152 Å². The fourth-order valence-electron chi connectivity index (χ4n) is 2.96. The smallest absolute Gasteiger partial charge is 0.261 e. The van der Waals surface area contributed by atoms with Gasteiger partial charge in [-0.25, -0.2) is 0 Å². The predicted octanol–water partition coefficient (Wildman–Crippen LogP) is 2.08. The summed E-state index contributed by atoms with van der Waals surface area (Å²) < 4.78 is 0.